The molecule has 0 rings (SSSR count). The average molecular weight is 829 g/mol. The summed E-state index contributed by atoms with van der Waals surface area (Å²) in [6.45, 7) is 7.34. The number of ether oxygens (including phenoxy) is 3. The molecule has 1 unspecified atom stereocenters. The highest BCUT2D eigenvalue weighted by molar-refractivity contribution is 5.70. The Morgan fingerprint density at radius 2 is 0.733 bits per heavy atom. The number of esters is 2. The van der Waals surface area contributed by atoms with Crippen molar-refractivity contribution in [1.82, 2.24) is 0 Å². The van der Waals surface area contributed by atoms with Crippen LogP contribution in [-0.2, 0) is 23.8 Å². The van der Waals surface area contributed by atoms with Crippen molar-refractivity contribution in [2.24, 2.45) is 0 Å². The van der Waals surface area contributed by atoms with E-state index in [0.717, 1.165) is 109 Å². The summed E-state index contributed by atoms with van der Waals surface area (Å²) in [5.74, 6) is -0.529. The molecule has 0 bridgehead atoms. The van der Waals surface area contributed by atoms with E-state index in [2.05, 4.69) is 136 Å². The first-order valence-corrected chi connectivity index (χ1v) is 24.1. The summed E-state index contributed by atoms with van der Waals surface area (Å²) in [5, 5.41) is 0. The van der Waals surface area contributed by atoms with E-state index in [-0.39, 0.29) is 31.6 Å². The lowest BCUT2D eigenvalue weighted by Gasteiger charge is -2.18. The third kappa shape index (κ3) is 47.0. The summed E-state index contributed by atoms with van der Waals surface area (Å²) in [5.41, 5.74) is 0. The maximum absolute atomic E-state index is 12.7. The van der Waals surface area contributed by atoms with Gasteiger partial charge in [-0.25, -0.2) is 0 Å². The summed E-state index contributed by atoms with van der Waals surface area (Å²) in [4.78, 5) is 25.3. The van der Waals surface area contributed by atoms with Gasteiger partial charge in [0, 0.05) is 19.4 Å². The van der Waals surface area contributed by atoms with Crippen molar-refractivity contribution < 1.29 is 23.8 Å². The summed E-state index contributed by atoms with van der Waals surface area (Å²) in [6.07, 6.45) is 69.3. The first-order chi connectivity index (χ1) is 29.6. The van der Waals surface area contributed by atoms with Gasteiger partial charge in [-0.3, -0.25) is 9.59 Å². The van der Waals surface area contributed by atoms with Gasteiger partial charge in [0.1, 0.15) is 6.61 Å². The molecule has 1 atom stereocenters. The second-order valence-corrected chi connectivity index (χ2v) is 15.2. The molecule has 5 nitrogen and oxygen atoms in total. The van der Waals surface area contributed by atoms with Gasteiger partial charge < -0.3 is 14.2 Å². The number of carbonyl (C=O) groups excluding carboxylic acids is 2. The molecule has 0 aromatic heterocycles. The van der Waals surface area contributed by atoms with Crippen LogP contribution >= 0.6 is 0 Å². The molecule has 0 saturated carbocycles. The van der Waals surface area contributed by atoms with Crippen molar-refractivity contribution in [3.8, 4) is 0 Å². The van der Waals surface area contributed by atoms with Crippen LogP contribution in [0.3, 0.4) is 0 Å². The largest absolute Gasteiger partial charge is 0.462 e. The Morgan fingerprint density at radius 3 is 1.18 bits per heavy atom. The van der Waals surface area contributed by atoms with Crippen LogP contribution in [0, 0.1) is 0 Å². The van der Waals surface area contributed by atoms with E-state index >= 15 is 0 Å². The second-order valence-electron chi connectivity index (χ2n) is 15.2. The monoisotopic (exact) mass is 829 g/mol. The van der Waals surface area contributed by atoms with Crippen molar-refractivity contribution in [3.05, 3.63) is 122 Å². The molecular weight excluding hydrogens is 741 g/mol. The zero-order chi connectivity index (χ0) is 43.5. The molecule has 0 aliphatic carbocycles. The molecule has 0 N–H and O–H groups in total. The van der Waals surface area contributed by atoms with Gasteiger partial charge in [-0.15, -0.1) is 0 Å². The van der Waals surface area contributed by atoms with Gasteiger partial charge in [-0.2, -0.15) is 0 Å². The number of rotatable bonds is 42. The average Bonchev–Trinajstić information content (AvgIpc) is 3.25. The molecule has 5 heteroatoms. The summed E-state index contributed by atoms with van der Waals surface area (Å²) < 4.78 is 17.3. The third-order valence-corrected chi connectivity index (χ3v) is 9.49. The maximum Gasteiger partial charge on any atom is 0.306 e. The molecular formula is C55H88O5. The van der Waals surface area contributed by atoms with E-state index in [1.54, 1.807) is 0 Å². The Morgan fingerprint density at radius 1 is 0.367 bits per heavy atom. The highest BCUT2D eigenvalue weighted by Gasteiger charge is 2.17. The molecule has 0 spiro atoms. The lowest BCUT2D eigenvalue weighted by atomic mass is 10.1. The number of hydrogen-bond acceptors (Lipinski definition) is 5. The van der Waals surface area contributed by atoms with Crippen LogP contribution in [0.2, 0.25) is 0 Å². The van der Waals surface area contributed by atoms with Crippen LogP contribution < -0.4 is 0 Å². The van der Waals surface area contributed by atoms with Gasteiger partial charge in [0.15, 0.2) is 6.10 Å². The Balaban J connectivity index is 4.43. The highest BCUT2D eigenvalue weighted by Crippen LogP contribution is 2.11. The molecule has 0 fully saturated rings. The quantitative estimate of drug-likeness (QED) is 0.0348. The van der Waals surface area contributed by atoms with Gasteiger partial charge in [-0.1, -0.05) is 187 Å². The molecule has 338 valence electrons. The highest BCUT2D eigenvalue weighted by atomic mass is 16.6. The maximum atomic E-state index is 12.7. The molecule has 60 heavy (non-hydrogen) atoms. The zero-order valence-corrected chi connectivity index (χ0v) is 38.7. The fourth-order valence-corrected chi connectivity index (χ4v) is 6.02. The fraction of sp³-hybridized carbons (Fsp3) is 0.600. The summed E-state index contributed by atoms with van der Waals surface area (Å²) in [7, 11) is 0. The minimum absolute atomic E-state index is 0.0343. The lowest BCUT2D eigenvalue weighted by Crippen LogP contribution is -2.30. The summed E-state index contributed by atoms with van der Waals surface area (Å²) >= 11 is 0. The smallest absolute Gasteiger partial charge is 0.306 e. The van der Waals surface area contributed by atoms with Gasteiger partial charge >= 0.3 is 11.9 Å². The molecule has 0 aromatic rings. The first kappa shape index (κ1) is 56.3. The second kappa shape index (κ2) is 49.7. The van der Waals surface area contributed by atoms with Crippen molar-refractivity contribution in [2.75, 3.05) is 19.8 Å². The van der Waals surface area contributed by atoms with Crippen LogP contribution in [0.15, 0.2) is 122 Å². The van der Waals surface area contributed by atoms with Gasteiger partial charge in [0.25, 0.3) is 0 Å². The van der Waals surface area contributed by atoms with E-state index in [4.69, 9.17) is 14.2 Å². The van der Waals surface area contributed by atoms with Crippen molar-refractivity contribution in [3.63, 3.8) is 0 Å². The molecule has 0 aliphatic heterocycles. The van der Waals surface area contributed by atoms with Gasteiger partial charge in [-0.05, 0) is 109 Å². The first-order valence-electron chi connectivity index (χ1n) is 24.1. The number of unbranched alkanes of at least 4 members (excludes halogenated alkanes) is 11. The molecule has 0 radical (unpaired) electrons. The van der Waals surface area contributed by atoms with Crippen LogP contribution in [-0.4, -0.2) is 37.9 Å². The minimum Gasteiger partial charge on any atom is -0.462 e. The molecule has 0 aromatic carbocycles. The zero-order valence-electron chi connectivity index (χ0n) is 38.7. The topological polar surface area (TPSA) is 61.8 Å². The number of hydrogen-bond donors (Lipinski definition) is 0. The predicted molar refractivity (Wildman–Crippen MR) is 260 cm³/mol. The van der Waals surface area contributed by atoms with Crippen LogP contribution in [0.25, 0.3) is 0 Å². The molecule has 0 saturated heterocycles. The van der Waals surface area contributed by atoms with Crippen LogP contribution in [0.5, 0.6) is 0 Å². The van der Waals surface area contributed by atoms with E-state index in [1.807, 2.05) is 6.08 Å². The fourth-order valence-electron chi connectivity index (χ4n) is 6.02. The van der Waals surface area contributed by atoms with E-state index in [9.17, 15) is 9.59 Å². The Bertz CT molecular complexity index is 1260. The predicted octanol–water partition coefficient (Wildman–Crippen LogP) is 16.2. The normalized spacial score (nSPS) is 13.3. The summed E-state index contributed by atoms with van der Waals surface area (Å²) in [6, 6.07) is 0. The van der Waals surface area contributed by atoms with Crippen LogP contribution in [0.4, 0.5) is 0 Å². The SMILES string of the molecule is CC/C=C\C/C=C\C/C=C\C/C=C\CCC(=O)OC(COCCCCCCCC/C=C\C/C=C\C/C=C\CC)COC(=O)CCCCCCC/C=C\C/C=C\C/C=C\CC. The number of allylic oxidation sites excluding steroid dienone is 20. The van der Waals surface area contributed by atoms with E-state index in [0.29, 0.717) is 19.4 Å². The Hall–Kier alpha value is -3.70. The van der Waals surface area contributed by atoms with Crippen molar-refractivity contribution >= 4 is 11.9 Å². The van der Waals surface area contributed by atoms with Gasteiger partial charge in [0.2, 0.25) is 0 Å². The van der Waals surface area contributed by atoms with E-state index in [1.165, 1.54) is 38.5 Å². The lowest BCUT2D eigenvalue weighted by molar-refractivity contribution is -0.162. The van der Waals surface area contributed by atoms with Crippen molar-refractivity contribution in [1.29, 1.82) is 0 Å². The molecule has 0 aliphatic rings. The molecule has 0 amide bonds. The standard InChI is InChI=1S/C55H88O5/c1-4-7-10-13-16-19-22-25-27-29-32-35-38-41-44-47-50-58-51-53(60-55(57)49-46-43-40-37-34-30-24-21-18-15-12-9-6-3)52-59-54(56)48-45-42-39-36-33-31-28-26-23-20-17-14-11-8-5-2/h7-12,16-21,25-28,30,34,40,43,53H,4-6,13-15,22-24,29,31-33,35-39,41-42,44-52H2,1-3H3/b10-7-,11-8-,12-9-,19-16-,20-17-,21-18-,27-25-,28-26-,34-30-,43-40-. The van der Waals surface area contributed by atoms with Gasteiger partial charge in [0.05, 0.1) is 6.61 Å². The molecule has 0 heterocycles. The van der Waals surface area contributed by atoms with Crippen LogP contribution in [0.1, 0.15) is 188 Å². The Kier molecular flexibility index (Phi) is 46.6. The third-order valence-electron chi connectivity index (χ3n) is 9.49. The number of carbonyl (C=O) groups is 2. The van der Waals surface area contributed by atoms with E-state index < -0.39 is 6.10 Å². The minimum atomic E-state index is -0.596. The van der Waals surface area contributed by atoms with Crippen molar-refractivity contribution in [2.45, 2.75) is 194 Å². The Labute approximate surface area is 369 Å².